The van der Waals surface area contributed by atoms with Crippen molar-refractivity contribution >= 4 is 0 Å². The maximum Gasteiger partial charge on any atom is 0.136 e. The standard InChI is InChI=1S/C30H41F2N.C2H3N/c1-3-22-33(23-25-12-5-4-6-13-25)24(2)16-17-26-27(29(31)18-7-8-19-29)14-11-15-28(26)30(32)20-9-10-21-30;1-2-3/h4-6,11-15,24H,3,7-10,16-23H2,1-2H3;1H3. The number of halogens is 2. The van der Waals surface area contributed by atoms with Crippen molar-refractivity contribution in [2.45, 2.75) is 115 Å². The molecule has 2 saturated carbocycles. The van der Waals surface area contributed by atoms with Gasteiger partial charge in [0.15, 0.2) is 0 Å². The molecule has 0 aliphatic heterocycles. The fourth-order valence-electron chi connectivity index (χ4n) is 6.20. The second kappa shape index (κ2) is 13.3. The van der Waals surface area contributed by atoms with Gasteiger partial charge in [-0.1, -0.05) is 55.5 Å². The van der Waals surface area contributed by atoms with Crippen LogP contribution in [0.2, 0.25) is 0 Å². The van der Waals surface area contributed by atoms with Gasteiger partial charge in [0.05, 0.1) is 6.07 Å². The lowest BCUT2D eigenvalue weighted by Crippen LogP contribution is -2.34. The van der Waals surface area contributed by atoms with Crippen molar-refractivity contribution in [2.75, 3.05) is 6.54 Å². The largest absolute Gasteiger partial charge is 0.296 e. The average Bonchev–Trinajstić information content (AvgIpc) is 3.53. The molecule has 2 aromatic carbocycles. The van der Waals surface area contributed by atoms with Gasteiger partial charge in [0.1, 0.15) is 11.3 Å². The van der Waals surface area contributed by atoms with Gasteiger partial charge >= 0.3 is 0 Å². The van der Waals surface area contributed by atoms with Crippen molar-refractivity contribution in [2.24, 2.45) is 0 Å². The van der Waals surface area contributed by atoms with Gasteiger partial charge in [0.25, 0.3) is 0 Å². The average molecular weight is 495 g/mol. The third kappa shape index (κ3) is 6.94. The highest BCUT2D eigenvalue weighted by molar-refractivity contribution is 5.43. The van der Waals surface area contributed by atoms with Gasteiger partial charge in [-0.25, -0.2) is 8.78 Å². The van der Waals surface area contributed by atoms with E-state index in [-0.39, 0.29) is 0 Å². The summed E-state index contributed by atoms with van der Waals surface area (Å²) in [6, 6.07) is 18.5. The fraction of sp³-hybridized carbons (Fsp3) is 0.594. The Morgan fingerprint density at radius 1 is 0.889 bits per heavy atom. The summed E-state index contributed by atoms with van der Waals surface area (Å²) >= 11 is 0. The van der Waals surface area contributed by atoms with E-state index in [0.717, 1.165) is 74.7 Å². The summed E-state index contributed by atoms with van der Waals surface area (Å²) in [7, 11) is 0. The summed E-state index contributed by atoms with van der Waals surface area (Å²) in [4.78, 5) is 2.53. The van der Waals surface area contributed by atoms with Gasteiger partial charge in [-0.2, -0.15) is 5.26 Å². The van der Waals surface area contributed by atoms with Gasteiger partial charge in [0, 0.05) is 19.5 Å². The molecule has 0 radical (unpaired) electrons. The maximum absolute atomic E-state index is 16.1. The molecule has 196 valence electrons. The number of hydrogen-bond acceptors (Lipinski definition) is 2. The van der Waals surface area contributed by atoms with Gasteiger partial charge in [-0.15, -0.1) is 0 Å². The van der Waals surface area contributed by atoms with Crippen LogP contribution < -0.4 is 0 Å². The van der Waals surface area contributed by atoms with Crippen molar-refractivity contribution in [3.8, 4) is 6.07 Å². The minimum absolute atomic E-state index is 0.351. The van der Waals surface area contributed by atoms with Gasteiger partial charge in [-0.3, -0.25) is 4.90 Å². The monoisotopic (exact) mass is 494 g/mol. The Bertz CT molecular complexity index is 929. The van der Waals surface area contributed by atoms with E-state index in [2.05, 4.69) is 49.1 Å². The van der Waals surface area contributed by atoms with E-state index >= 15 is 8.78 Å². The molecule has 0 saturated heterocycles. The minimum Gasteiger partial charge on any atom is -0.296 e. The Labute approximate surface area is 217 Å². The van der Waals surface area contributed by atoms with E-state index in [1.54, 1.807) is 6.07 Å². The van der Waals surface area contributed by atoms with E-state index in [4.69, 9.17) is 5.26 Å². The first-order valence-corrected chi connectivity index (χ1v) is 14.0. The van der Waals surface area contributed by atoms with Gasteiger partial charge < -0.3 is 0 Å². The molecule has 0 N–H and O–H groups in total. The Kier molecular flexibility index (Phi) is 10.5. The molecular formula is C32H44F2N2. The molecule has 0 bridgehead atoms. The van der Waals surface area contributed by atoms with Crippen LogP contribution in [0.25, 0.3) is 0 Å². The molecule has 2 fully saturated rings. The van der Waals surface area contributed by atoms with Crippen LogP contribution in [0.4, 0.5) is 8.78 Å². The normalized spacial score (nSPS) is 18.9. The van der Waals surface area contributed by atoms with E-state index < -0.39 is 11.3 Å². The van der Waals surface area contributed by atoms with Crippen molar-refractivity contribution in [3.63, 3.8) is 0 Å². The fourth-order valence-corrected chi connectivity index (χ4v) is 6.20. The highest BCUT2D eigenvalue weighted by Crippen LogP contribution is 2.49. The third-order valence-corrected chi connectivity index (χ3v) is 8.11. The Morgan fingerprint density at radius 2 is 1.39 bits per heavy atom. The predicted octanol–water partition coefficient (Wildman–Crippen LogP) is 8.93. The number of benzene rings is 2. The second-order valence-electron chi connectivity index (χ2n) is 10.7. The molecule has 2 aliphatic rings. The number of alkyl halides is 2. The zero-order valence-corrected chi connectivity index (χ0v) is 22.5. The Balaban J connectivity index is 0.00000115. The zero-order valence-electron chi connectivity index (χ0n) is 22.5. The summed E-state index contributed by atoms with van der Waals surface area (Å²) in [5.74, 6) is 0. The molecule has 36 heavy (non-hydrogen) atoms. The van der Waals surface area contributed by atoms with Crippen LogP contribution in [0.15, 0.2) is 48.5 Å². The molecule has 0 aromatic heterocycles. The molecule has 1 atom stereocenters. The molecule has 4 rings (SSSR count). The summed E-state index contributed by atoms with van der Waals surface area (Å²) < 4.78 is 32.1. The molecular weight excluding hydrogens is 450 g/mol. The van der Waals surface area contributed by atoms with E-state index in [1.165, 1.54) is 12.5 Å². The molecule has 1 unspecified atom stereocenters. The van der Waals surface area contributed by atoms with E-state index in [0.29, 0.717) is 31.7 Å². The number of hydrogen-bond donors (Lipinski definition) is 0. The highest BCUT2D eigenvalue weighted by Gasteiger charge is 2.42. The maximum atomic E-state index is 16.1. The van der Waals surface area contributed by atoms with Gasteiger partial charge in [-0.05, 0) is 106 Å². The van der Waals surface area contributed by atoms with Crippen LogP contribution >= 0.6 is 0 Å². The first kappa shape index (κ1) is 28.3. The second-order valence-corrected chi connectivity index (χ2v) is 10.7. The first-order valence-electron chi connectivity index (χ1n) is 14.0. The molecule has 0 amide bonds. The van der Waals surface area contributed by atoms with Gasteiger partial charge in [0.2, 0.25) is 0 Å². The number of nitriles is 1. The van der Waals surface area contributed by atoms with Crippen LogP contribution in [0.3, 0.4) is 0 Å². The SMILES string of the molecule is CC#N.CCCN(Cc1ccccc1)C(C)CCc1c(C2(F)CCCC2)cccc1C1(F)CCCC1. The summed E-state index contributed by atoms with van der Waals surface area (Å²) in [6.07, 6.45) is 8.79. The smallest absolute Gasteiger partial charge is 0.136 e. The van der Waals surface area contributed by atoms with Crippen molar-refractivity contribution < 1.29 is 8.78 Å². The zero-order chi connectivity index (χ0) is 26.0. The highest BCUT2D eigenvalue weighted by atomic mass is 19.1. The predicted molar refractivity (Wildman–Crippen MR) is 145 cm³/mol. The number of rotatable bonds is 10. The van der Waals surface area contributed by atoms with Crippen LogP contribution in [0, 0.1) is 11.3 Å². The molecule has 2 aliphatic carbocycles. The van der Waals surface area contributed by atoms with E-state index in [9.17, 15) is 0 Å². The molecule has 2 aromatic rings. The van der Waals surface area contributed by atoms with Crippen molar-refractivity contribution in [1.29, 1.82) is 5.26 Å². The lowest BCUT2D eigenvalue weighted by Gasteiger charge is -2.32. The topological polar surface area (TPSA) is 27.0 Å². The van der Waals surface area contributed by atoms with Crippen LogP contribution in [0.5, 0.6) is 0 Å². The Morgan fingerprint density at radius 3 is 1.86 bits per heavy atom. The van der Waals surface area contributed by atoms with Crippen LogP contribution in [0.1, 0.15) is 107 Å². The van der Waals surface area contributed by atoms with Crippen molar-refractivity contribution in [3.05, 3.63) is 70.8 Å². The third-order valence-electron chi connectivity index (χ3n) is 8.11. The lowest BCUT2D eigenvalue weighted by molar-refractivity contribution is 0.160. The van der Waals surface area contributed by atoms with Crippen LogP contribution in [-0.2, 0) is 24.3 Å². The summed E-state index contributed by atoms with van der Waals surface area (Å²) in [5, 5.41) is 7.32. The Hall–Kier alpha value is -2.25. The summed E-state index contributed by atoms with van der Waals surface area (Å²) in [6.45, 7) is 7.88. The molecule has 4 heteroatoms. The van der Waals surface area contributed by atoms with Crippen LogP contribution in [-0.4, -0.2) is 17.5 Å². The quantitative estimate of drug-likeness (QED) is 0.330. The molecule has 2 nitrogen and oxygen atoms in total. The molecule has 0 spiro atoms. The lowest BCUT2D eigenvalue weighted by atomic mass is 9.80. The number of nitrogens with zero attached hydrogens (tertiary/aromatic N) is 2. The first-order chi connectivity index (χ1) is 17.4. The minimum atomic E-state index is -1.28. The summed E-state index contributed by atoms with van der Waals surface area (Å²) in [5.41, 5.74) is 1.32. The molecule has 0 heterocycles. The van der Waals surface area contributed by atoms with E-state index in [1.807, 2.05) is 18.2 Å². The van der Waals surface area contributed by atoms with Crippen molar-refractivity contribution in [1.82, 2.24) is 4.90 Å².